The van der Waals surface area contributed by atoms with Crippen LogP contribution in [0.5, 0.6) is 0 Å². The number of hydrogen-bond donors (Lipinski definition) is 1. The summed E-state index contributed by atoms with van der Waals surface area (Å²) in [4.78, 5) is 1.19. The zero-order valence-electron chi connectivity index (χ0n) is 12.3. The Kier molecular flexibility index (Phi) is 4.31. The van der Waals surface area contributed by atoms with Crippen LogP contribution in [0.1, 0.15) is 43.5 Å². The van der Waals surface area contributed by atoms with Gasteiger partial charge in [0.2, 0.25) is 0 Å². The van der Waals surface area contributed by atoms with Gasteiger partial charge >= 0.3 is 0 Å². The number of nitrogens with one attached hydrogen (secondary N) is 1. The van der Waals surface area contributed by atoms with Crippen LogP contribution in [0.2, 0.25) is 0 Å². The van der Waals surface area contributed by atoms with Crippen molar-refractivity contribution in [1.29, 1.82) is 0 Å². The standard InChI is InChI=1S/C16H20FN3S/c1-3-20-10-12(9-18-20)11(2)19-15-6-7-21-16-5-4-13(17)8-14(15)16/h4-5,8-11,15,19H,3,6-7H2,1-2H3. The highest BCUT2D eigenvalue weighted by atomic mass is 32.2. The molecule has 0 saturated carbocycles. The summed E-state index contributed by atoms with van der Waals surface area (Å²) in [5, 5.41) is 7.94. The van der Waals surface area contributed by atoms with Gasteiger partial charge in [-0.2, -0.15) is 5.10 Å². The molecule has 112 valence electrons. The highest BCUT2D eigenvalue weighted by molar-refractivity contribution is 7.99. The summed E-state index contributed by atoms with van der Waals surface area (Å²) in [6.07, 6.45) is 5.00. The van der Waals surface area contributed by atoms with Crippen molar-refractivity contribution in [2.24, 2.45) is 0 Å². The molecular formula is C16H20FN3S. The van der Waals surface area contributed by atoms with Gasteiger partial charge in [0.1, 0.15) is 5.82 Å². The quantitative estimate of drug-likeness (QED) is 0.928. The molecule has 1 aliphatic heterocycles. The predicted molar refractivity (Wildman–Crippen MR) is 83.9 cm³/mol. The van der Waals surface area contributed by atoms with E-state index in [1.54, 1.807) is 12.1 Å². The lowest BCUT2D eigenvalue weighted by molar-refractivity contribution is 0.447. The Bertz CT molecular complexity index is 626. The van der Waals surface area contributed by atoms with E-state index >= 15 is 0 Å². The Morgan fingerprint density at radius 3 is 3.14 bits per heavy atom. The van der Waals surface area contributed by atoms with Crippen LogP contribution in [-0.2, 0) is 6.54 Å². The fourth-order valence-corrected chi connectivity index (χ4v) is 3.82. The van der Waals surface area contributed by atoms with Crippen molar-refractivity contribution in [1.82, 2.24) is 15.1 Å². The van der Waals surface area contributed by atoms with E-state index in [0.29, 0.717) is 0 Å². The van der Waals surface area contributed by atoms with E-state index in [9.17, 15) is 4.39 Å². The van der Waals surface area contributed by atoms with Gasteiger partial charge in [0.25, 0.3) is 0 Å². The maximum Gasteiger partial charge on any atom is 0.123 e. The third-order valence-electron chi connectivity index (χ3n) is 3.94. The summed E-state index contributed by atoms with van der Waals surface area (Å²) < 4.78 is 15.5. The molecule has 1 aliphatic rings. The Balaban J connectivity index is 1.78. The zero-order chi connectivity index (χ0) is 14.8. The van der Waals surface area contributed by atoms with Crippen molar-refractivity contribution < 1.29 is 4.39 Å². The summed E-state index contributed by atoms with van der Waals surface area (Å²) in [5.41, 5.74) is 2.26. The number of hydrogen-bond acceptors (Lipinski definition) is 3. The normalized spacial score (nSPS) is 19.3. The number of aryl methyl sites for hydroxylation is 1. The van der Waals surface area contributed by atoms with Gasteiger partial charge in [0.15, 0.2) is 0 Å². The molecule has 5 heteroatoms. The minimum absolute atomic E-state index is 0.158. The molecule has 0 saturated heterocycles. The van der Waals surface area contributed by atoms with Gasteiger partial charge in [0, 0.05) is 35.3 Å². The second-order valence-electron chi connectivity index (χ2n) is 5.39. The minimum Gasteiger partial charge on any atom is -0.303 e. The van der Waals surface area contributed by atoms with Gasteiger partial charge < -0.3 is 5.32 Å². The summed E-state index contributed by atoms with van der Waals surface area (Å²) in [5.74, 6) is 0.909. The van der Waals surface area contributed by atoms with Gasteiger partial charge in [-0.05, 0) is 49.8 Å². The molecule has 2 unspecified atom stereocenters. The Morgan fingerprint density at radius 1 is 1.52 bits per heavy atom. The van der Waals surface area contributed by atoms with Crippen LogP contribution in [0.3, 0.4) is 0 Å². The molecule has 2 aromatic rings. The third-order valence-corrected chi connectivity index (χ3v) is 5.06. The summed E-state index contributed by atoms with van der Waals surface area (Å²) in [6.45, 7) is 5.09. The first kappa shape index (κ1) is 14.6. The molecule has 21 heavy (non-hydrogen) atoms. The first-order chi connectivity index (χ1) is 10.2. The molecule has 0 amide bonds. The molecule has 2 atom stereocenters. The molecule has 0 spiro atoms. The van der Waals surface area contributed by atoms with E-state index < -0.39 is 0 Å². The van der Waals surface area contributed by atoms with E-state index in [1.807, 2.05) is 28.7 Å². The Morgan fingerprint density at radius 2 is 2.38 bits per heavy atom. The largest absolute Gasteiger partial charge is 0.303 e. The second-order valence-corrected chi connectivity index (χ2v) is 6.53. The van der Waals surface area contributed by atoms with E-state index in [0.717, 1.165) is 24.3 Å². The average molecular weight is 305 g/mol. The summed E-state index contributed by atoms with van der Waals surface area (Å²) in [7, 11) is 0. The maximum atomic E-state index is 13.5. The van der Waals surface area contributed by atoms with Gasteiger partial charge in [-0.25, -0.2) is 4.39 Å². The van der Waals surface area contributed by atoms with Crippen LogP contribution >= 0.6 is 11.8 Å². The number of thioether (sulfide) groups is 1. The van der Waals surface area contributed by atoms with Crippen molar-refractivity contribution in [3.8, 4) is 0 Å². The van der Waals surface area contributed by atoms with E-state index in [2.05, 4.69) is 30.5 Å². The predicted octanol–water partition coefficient (Wildman–Crippen LogP) is 3.93. The monoisotopic (exact) mass is 305 g/mol. The van der Waals surface area contributed by atoms with Crippen LogP contribution in [0, 0.1) is 5.82 Å². The lowest BCUT2D eigenvalue weighted by Crippen LogP contribution is -2.27. The first-order valence-electron chi connectivity index (χ1n) is 7.38. The van der Waals surface area contributed by atoms with Crippen molar-refractivity contribution >= 4 is 11.8 Å². The Labute approximate surface area is 128 Å². The molecule has 1 N–H and O–H groups in total. The lowest BCUT2D eigenvalue weighted by Gasteiger charge is -2.28. The number of rotatable bonds is 4. The smallest absolute Gasteiger partial charge is 0.123 e. The second kappa shape index (κ2) is 6.20. The summed E-state index contributed by atoms with van der Waals surface area (Å²) >= 11 is 1.81. The Hall–Kier alpha value is -1.33. The van der Waals surface area contributed by atoms with Gasteiger partial charge in [0.05, 0.1) is 6.20 Å². The summed E-state index contributed by atoms with van der Waals surface area (Å²) in [6, 6.07) is 5.51. The van der Waals surface area contributed by atoms with Crippen LogP contribution in [-0.4, -0.2) is 15.5 Å². The van der Waals surface area contributed by atoms with Crippen molar-refractivity contribution in [2.45, 2.75) is 43.8 Å². The molecule has 0 fully saturated rings. The maximum absolute atomic E-state index is 13.5. The molecule has 3 rings (SSSR count). The average Bonchev–Trinajstić information content (AvgIpc) is 2.97. The van der Waals surface area contributed by atoms with Gasteiger partial charge in [-0.1, -0.05) is 0 Å². The number of fused-ring (bicyclic) bond motifs is 1. The fraction of sp³-hybridized carbons (Fsp3) is 0.438. The number of halogens is 1. The van der Waals surface area contributed by atoms with E-state index in [1.165, 1.54) is 10.5 Å². The van der Waals surface area contributed by atoms with Crippen molar-refractivity contribution in [3.05, 3.63) is 47.5 Å². The molecule has 0 bridgehead atoms. The number of benzene rings is 1. The molecule has 1 aromatic heterocycles. The van der Waals surface area contributed by atoms with Gasteiger partial charge in [-0.15, -0.1) is 11.8 Å². The number of aromatic nitrogens is 2. The van der Waals surface area contributed by atoms with Crippen LogP contribution < -0.4 is 5.32 Å². The topological polar surface area (TPSA) is 29.9 Å². The van der Waals surface area contributed by atoms with Crippen molar-refractivity contribution in [2.75, 3.05) is 5.75 Å². The SMILES string of the molecule is CCn1cc(C(C)NC2CCSc3ccc(F)cc32)cn1. The lowest BCUT2D eigenvalue weighted by atomic mass is 10.0. The van der Waals surface area contributed by atoms with Crippen LogP contribution in [0.4, 0.5) is 4.39 Å². The van der Waals surface area contributed by atoms with Gasteiger partial charge in [-0.3, -0.25) is 4.68 Å². The van der Waals surface area contributed by atoms with Crippen LogP contribution in [0.25, 0.3) is 0 Å². The highest BCUT2D eigenvalue weighted by Gasteiger charge is 2.23. The first-order valence-corrected chi connectivity index (χ1v) is 8.36. The molecule has 2 heterocycles. The molecular weight excluding hydrogens is 285 g/mol. The molecule has 1 aromatic carbocycles. The number of nitrogens with zero attached hydrogens (tertiary/aromatic N) is 2. The van der Waals surface area contributed by atoms with E-state index in [4.69, 9.17) is 0 Å². The third kappa shape index (κ3) is 3.14. The zero-order valence-corrected chi connectivity index (χ0v) is 13.2. The van der Waals surface area contributed by atoms with Crippen LogP contribution in [0.15, 0.2) is 35.5 Å². The molecule has 0 aliphatic carbocycles. The molecule has 0 radical (unpaired) electrons. The fourth-order valence-electron chi connectivity index (χ4n) is 2.71. The van der Waals surface area contributed by atoms with Crippen molar-refractivity contribution in [3.63, 3.8) is 0 Å². The van der Waals surface area contributed by atoms with E-state index in [-0.39, 0.29) is 17.9 Å². The molecule has 3 nitrogen and oxygen atoms in total. The minimum atomic E-state index is -0.158. The highest BCUT2D eigenvalue weighted by Crippen LogP contribution is 2.37.